The Morgan fingerprint density at radius 1 is 1.12 bits per heavy atom. The molecule has 0 atom stereocenters. The molecule has 0 unspecified atom stereocenters. The van der Waals surface area contributed by atoms with E-state index in [9.17, 15) is 9.59 Å². The zero-order chi connectivity index (χ0) is 17.7. The molecule has 0 N–H and O–H groups in total. The molecule has 0 spiro atoms. The van der Waals surface area contributed by atoms with Crippen LogP contribution in [0, 0.1) is 0 Å². The van der Waals surface area contributed by atoms with Crippen LogP contribution in [0.3, 0.4) is 0 Å². The van der Waals surface area contributed by atoms with E-state index < -0.39 is 0 Å². The molecular formula is C19H28N2O3. The third-order valence-corrected chi connectivity index (χ3v) is 4.48. The molecule has 1 heterocycles. The Bertz CT molecular complexity index is 590. The Morgan fingerprint density at radius 3 is 2.29 bits per heavy atom. The van der Waals surface area contributed by atoms with Crippen molar-refractivity contribution in [2.45, 2.75) is 39.5 Å². The van der Waals surface area contributed by atoms with Crippen LogP contribution in [0.4, 0.5) is 0 Å². The molecule has 0 aromatic heterocycles. The molecule has 1 aliphatic heterocycles. The van der Waals surface area contributed by atoms with Crippen molar-refractivity contribution in [2.75, 3.05) is 33.3 Å². The molecule has 1 aromatic carbocycles. The molecule has 2 rings (SSSR count). The van der Waals surface area contributed by atoms with E-state index in [4.69, 9.17) is 4.74 Å². The van der Waals surface area contributed by atoms with Crippen LogP contribution in [0.5, 0.6) is 5.75 Å². The van der Waals surface area contributed by atoms with Crippen molar-refractivity contribution in [3.05, 3.63) is 29.3 Å². The average Bonchev–Trinajstić information content (AvgIpc) is 2.60. The largest absolute Gasteiger partial charge is 0.496 e. The van der Waals surface area contributed by atoms with Crippen LogP contribution in [0.1, 0.15) is 55.5 Å². The number of rotatable bonds is 5. The van der Waals surface area contributed by atoms with Gasteiger partial charge in [-0.3, -0.25) is 9.59 Å². The van der Waals surface area contributed by atoms with Gasteiger partial charge in [0, 0.05) is 38.2 Å². The number of carbonyl (C=O) groups is 2. The molecule has 1 aliphatic rings. The Kier molecular flexibility index (Phi) is 6.23. The van der Waals surface area contributed by atoms with Crippen LogP contribution in [0.2, 0.25) is 0 Å². The maximum Gasteiger partial charge on any atom is 0.253 e. The van der Waals surface area contributed by atoms with Gasteiger partial charge < -0.3 is 14.5 Å². The summed E-state index contributed by atoms with van der Waals surface area (Å²) in [5, 5.41) is 0. The maximum atomic E-state index is 12.8. The SMILES string of the molecule is CCCC(=O)N1CCN(C(=O)c2ccc(OC)c(C(C)C)c2)CC1. The molecule has 2 amide bonds. The summed E-state index contributed by atoms with van der Waals surface area (Å²) in [6.45, 7) is 8.62. The fraction of sp³-hybridized carbons (Fsp3) is 0.579. The normalized spacial score (nSPS) is 14.9. The first-order chi connectivity index (χ1) is 11.5. The van der Waals surface area contributed by atoms with Crippen molar-refractivity contribution in [3.8, 4) is 5.75 Å². The van der Waals surface area contributed by atoms with Crippen LogP contribution >= 0.6 is 0 Å². The van der Waals surface area contributed by atoms with Crippen molar-refractivity contribution in [3.63, 3.8) is 0 Å². The van der Waals surface area contributed by atoms with Gasteiger partial charge in [0.2, 0.25) is 5.91 Å². The number of piperazine rings is 1. The number of benzene rings is 1. The van der Waals surface area contributed by atoms with Crippen LogP contribution in [0.25, 0.3) is 0 Å². The number of amides is 2. The van der Waals surface area contributed by atoms with Crippen LogP contribution < -0.4 is 4.74 Å². The first-order valence-corrected chi connectivity index (χ1v) is 8.72. The maximum absolute atomic E-state index is 12.8. The Hall–Kier alpha value is -2.04. The highest BCUT2D eigenvalue weighted by Crippen LogP contribution is 2.27. The Morgan fingerprint density at radius 2 is 1.75 bits per heavy atom. The highest BCUT2D eigenvalue weighted by Gasteiger charge is 2.25. The number of hydrogen-bond donors (Lipinski definition) is 0. The van der Waals surface area contributed by atoms with E-state index in [1.54, 1.807) is 7.11 Å². The second-order valence-electron chi connectivity index (χ2n) is 6.53. The summed E-state index contributed by atoms with van der Waals surface area (Å²) in [6.07, 6.45) is 1.45. The Balaban J connectivity index is 2.05. The first-order valence-electron chi connectivity index (χ1n) is 8.72. The van der Waals surface area contributed by atoms with Gasteiger partial charge >= 0.3 is 0 Å². The summed E-state index contributed by atoms with van der Waals surface area (Å²) in [6, 6.07) is 5.62. The van der Waals surface area contributed by atoms with E-state index in [1.165, 1.54) is 0 Å². The van der Waals surface area contributed by atoms with Gasteiger partial charge in [-0.25, -0.2) is 0 Å². The second-order valence-corrected chi connectivity index (χ2v) is 6.53. The van der Waals surface area contributed by atoms with Gasteiger partial charge in [0.1, 0.15) is 5.75 Å². The molecule has 1 aromatic rings. The molecular weight excluding hydrogens is 304 g/mol. The molecule has 1 saturated heterocycles. The van der Waals surface area contributed by atoms with E-state index in [0.717, 1.165) is 17.7 Å². The fourth-order valence-electron chi connectivity index (χ4n) is 3.03. The lowest BCUT2D eigenvalue weighted by Crippen LogP contribution is -2.50. The summed E-state index contributed by atoms with van der Waals surface area (Å²) in [7, 11) is 1.65. The second kappa shape index (κ2) is 8.18. The van der Waals surface area contributed by atoms with Gasteiger partial charge in [-0.1, -0.05) is 20.8 Å². The molecule has 1 fully saturated rings. The molecule has 5 heteroatoms. The smallest absolute Gasteiger partial charge is 0.253 e. The fourth-order valence-corrected chi connectivity index (χ4v) is 3.03. The molecule has 24 heavy (non-hydrogen) atoms. The number of ether oxygens (including phenoxy) is 1. The zero-order valence-corrected chi connectivity index (χ0v) is 15.2. The van der Waals surface area contributed by atoms with Crippen LogP contribution in [0.15, 0.2) is 18.2 Å². The highest BCUT2D eigenvalue weighted by molar-refractivity contribution is 5.95. The van der Waals surface area contributed by atoms with E-state index in [-0.39, 0.29) is 17.7 Å². The predicted molar refractivity (Wildman–Crippen MR) is 94.5 cm³/mol. The summed E-state index contributed by atoms with van der Waals surface area (Å²) in [5.41, 5.74) is 1.73. The first kappa shape index (κ1) is 18.3. The number of carbonyl (C=O) groups excluding carboxylic acids is 2. The van der Waals surface area contributed by atoms with Crippen molar-refractivity contribution >= 4 is 11.8 Å². The third-order valence-electron chi connectivity index (χ3n) is 4.48. The van der Waals surface area contributed by atoms with Crippen molar-refractivity contribution in [1.29, 1.82) is 0 Å². The minimum absolute atomic E-state index is 0.0298. The lowest BCUT2D eigenvalue weighted by atomic mass is 9.99. The van der Waals surface area contributed by atoms with Gasteiger partial charge in [0.25, 0.3) is 5.91 Å². The molecule has 5 nitrogen and oxygen atoms in total. The zero-order valence-electron chi connectivity index (χ0n) is 15.2. The standard InChI is InChI=1S/C19H28N2O3/c1-5-6-18(22)20-9-11-21(12-10-20)19(23)15-7-8-17(24-4)16(13-15)14(2)3/h7-8,13-14H,5-6,9-12H2,1-4H3. The quantitative estimate of drug-likeness (QED) is 0.833. The summed E-state index contributed by atoms with van der Waals surface area (Å²) < 4.78 is 5.38. The highest BCUT2D eigenvalue weighted by atomic mass is 16.5. The average molecular weight is 332 g/mol. The molecule has 0 radical (unpaired) electrons. The number of hydrogen-bond acceptors (Lipinski definition) is 3. The molecule has 0 aliphatic carbocycles. The predicted octanol–water partition coefficient (Wildman–Crippen LogP) is 2.90. The lowest BCUT2D eigenvalue weighted by Gasteiger charge is -2.35. The molecule has 0 bridgehead atoms. The van der Waals surface area contributed by atoms with E-state index in [2.05, 4.69) is 13.8 Å². The van der Waals surface area contributed by atoms with Crippen LogP contribution in [-0.2, 0) is 4.79 Å². The van der Waals surface area contributed by atoms with E-state index >= 15 is 0 Å². The lowest BCUT2D eigenvalue weighted by molar-refractivity contribution is -0.132. The molecule has 132 valence electrons. The third kappa shape index (κ3) is 4.08. The van der Waals surface area contributed by atoms with Crippen molar-refractivity contribution < 1.29 is 14.3 Å². The molecule has 0 saturated carbocycles. The van der Waals surface area contributed by atoms with Gasteiger partial charge in [-0.05, 0) is 36.1 Å². The Labute approximate surface area is 144 Å². The minimum Gasteiger partial charge on any atom is -0.496 e. The van der Waals surface area contributed by atoms with Crippen molar-refractivity contribution in [2.24, 2.45) is 0 Å². The number of methoxy groups -OCH3 is 1. The number of nitrogens with zero attached hydrogens (tertiary/aromatic N) is 2. The van der Waals surface area contributed by atoms with E-state index in [1.807, 2.05) is 34.9 Å². The topological polar surface area (TPSA) is 49.9 Å². The summed E-state index contributed by atoms with van der Waals surface area (Å²) in [4.78, 5) is 28.4. The summed E-state index contributed by atoms with van der Waals surface area (Å²) >= 11 is 0. The van der Waals surface area contributed by atoms with Crippen molar-refractivity contribution in [1.82, 2.24) is 9.80 Å². The van der Waals surface area contributed by atoms with Crippen LogP contribution in [-0.4, -0.2) is 54.9 Å². The van der Waals surface area contributed by atoms with Gasteiger partial charge in [0.15, 0.2) is 0 Å². The van der Waals surface area contributed by atoms with Gasteiger partial charge in [-0.15, -0.1) is 0 Å². The van der Waals surface area contributed by atoms with Gasteiger partial charge in [0.05, 0.1) is 7.11 Å². The monoisotopic (exact) mass is 332 g/mol. The van der Waals surface area contributed by atoms with Gasteiger partial charge in [-0.2, -0.15) is 0 Å². The minimum atomic E-state index is 0.0298. The van der Waals surface area contributed by atoms with E-state index in [0.29, 0.717) is 38.2 Å². The summed E-state index contributed by atoms with van der Waals surface area (Å²) in [5.74, 6) is 1.33.